The highest BCUT2D eigenvalue weighted by atomic mass is 32.2. The summed E-state index contributed by atoms with van der Waals surface area (Å²) >= 11 is 1.89. The van der Waals surface area contributed by atoms with Crippen molar-refractivity contribution in [2.45, 2.75) is 32.1 Å². The van der Waals surface area contributed by atoms with Gasteiger partial charge in [-0.25, -0.2) is 0 Å². The molecule has 0 amide bonds. The molecule has 0 saturated carbocycles. The number of carbonyl (C=O) groups is 1. The lowest BCUT2D eigenvalue weighted by molar-refractivity contribution is -0.140. The second-order valence-corrected chi connectivity index (χ2v) is 6.01. The molecule has 0 aliphatic rings. The molecule has 1 aromatic carbocycles. The Balaban J connectivity index is 2.09. The molecule has 2 N–H and O–H groups in total. The largest absolute Gasteiger partial charge is 0.480 e. The Bertz CT molecular complexity index is 368. The highest BCUT2D eigenvalue weighted by Gasteiger charge is 2.19. The van der Waals surface area contributed by atoms with Gasteiger partial charge < -0.3 is 10.4 Å². The van der Waals surface area contributed by atoms with Gasteiger partial charge in [0, 0.05) is 5.75 Å². The number of benzene rings is 1. The first-order valence-corrected chi connectivity index (χ1v) is 7.84. The Hall–Kier alpha value is -1.00. The van der Waals surface area contributed by atoms with Crippen molar-refractivity contribution in [2.75, 3.05) is 12.3 Å². The maximum atomic E-state index is 11.0. The van der Waals surface area contributed by atoms with E-state index in [1.165, 1.54) is 5.56 Å². The molecule has 0 bridgehead atoms. The van der Waals surface area contributed by atoms with E-state index in [4.69, 9.17) is 5.11 Å². The van der Waals surface area contributed by atoms with E-state index < -0.39 is 12.0 Å². The summed E-state index contributed by atoms with van der Waals surface area (Å²) in [6.45, 7) is 4.61. The number of hydrogen-bond donors (Lipinski definition) is 2. The Labute approximate surface area is 119 Å². The van der Waals surface area contributed by atoms with Crippen LogP contribution in [0.25, 0.3) is 0 Å². The van der Waals surface area contributed by atoms with Crippen LogP contribution in [0.1, 0.15) is 25.8 Å². The highest BCUT2D eigenvalue weighted by molar-refractivity contribution is 7.98. The van der Waals surface area contributed by atoms with Crippen molar-refractivity contribution in [1.82, 2.24) is 5.32 Å². The van der Waals surface area contributed by atoms with Gasteiger partial charge in [0.1, 0.15) is 6.04 Å². The van der Waals surface area contributed by atoms with Crippen LogP contribution in [0.4, 0.5) is 0 Å². The summed E-state index contributed by atoms with van der Waals surface area (Å²) in [6, 6.07) is 9.96. The van der Waals surface area contributed by atoms with Crippen molar-refractivity contribution < 1.29 is 9.90 Å². The molecule has 4 heteroatoms. The summed E-state index contributed by atoms with van der Waals surface area (Å²) in [5.74, 6) is 1.43. The lowest BCUT2D eigenvalue weighted by atomic mass is 10.1. The van der Waals surface area contributed by atoms with E-state index in [9.17, 15) is 4.79 Å². The van der Waals surface area contributed by atoms with Crippen LogP contribution in [0.5, 0.6) is 0 Å². The van der Waals surface area contributed by atoms with Gasteiger partial charge in [-0.15, -0.1) is 0 Å². The van der Waals surface area contributed by atoms with E-state index in [1.807, 2.05) is 31.7 Å². The zero-order valence-electron chi connectivity index (χ0n) is 11.6. The van der Waals surface area contributed by atoms with E-state index in [0.717, 1.165) is 24.5 Å². The number of hydrogen-bond acceptors (Lipinski definition) is 3. The van der Waals surface area contributed by atoms with Crippen LogP contribution in [0.3, 0.4) is 0 Å². The Morgan fingerprint density at radius 1 is 1.32 bits per heavy atom. The minimum Gasteiger partial charge on any atom is -0.480 e. The van der Waals surface area contributed by atoms with Crippen LogP contribution in [-0.4, -0.2) is 29.4 Å². The number of carboxylic acids is 1. The summed E-state index contributed by atoms with van der Waals surface area (Å²) in [4.78, 5) is 11.0. The summed E-state index contributed by atoms with van der Waals surface area (Å²) in [5.41, 5.74) is 1.34. The van der Waals surface area contributed by atoms with E-state index in [0.29, 0.717) is 0 Å². The third-order valence-corrected chi connectivity index (χ3v) is 3.99. The number of carboxylic acid groups (broad SMARTS) is 1. The quantitative estimate of drug-likeness (QED) is 0.683. The summed E-state index contributed by atoms with van der Waals surface area (Å²) < 4.78 is 0. The molecule has 0 spiro atoms. The SMILES string of the molecule is CC(C)[C@H](NCCCSCc1ccccc1)C(=O)O. The molecular weight excluding hydrogens is 258 g/mol. The van der Waals surface area contributed by atoms with Crippen LogP contribution in [0.2, 0.25) is 0 Å². The van der Waals surface area contributed by atoms with Gasteiger partial charge in [-0.3, -0.25) is 4.79 Å². The van der Waals surface area contributed by atoms with Crippen LogP contribution in [0.15, 0.2) is 30.3 Å². The van der Waals surface area contributed by atoms with Gasteiger partial charge in [0.25, 0.3) is 0 Å². The molecular formula is C15H23NO2S. The third-order valence-electron chi connectivity index (χ3n) is 2.87. The molecule has 0 fully saturated rings. The molecule has 106 valence electrons. The predicted molar refractivity (Wildman–Crippen MR) is 81.5 cm³/mol. The summed E-state index contributed by atoms with van der Waals surface area (Å²) in [7, 11) is 0. The lowest BCUT2D eigenvalue weighted by Gasteiger charge is -2.17. The molecule has 0 aliphatic heterocycles. The van der Waals surface area contributed by atoms with Crippen LogP contribution in [-0.2, 0) is 10.5 Å². The van der Waals surface area contributed by atoms with Crippen LogP contribution in [0, 0.1) is 5.92 Å². The molecule has 0 heterocycles. The fourth-order valence-electron chi connectivity index (χ4n) is 1.80. The van der Waals surface area contributed by atoms with Crippen molar-refractivity contribution in [2.24, 2.45) is 5.92 Å². The Morgan fingerprint density at radius 2 is 2.00 bits per heavy atom. The second kappa shape index (κ2) is 8.99. The summed E-state index contributed by atoms with van der Waals surface area (Å²) in [6.07, 6.45) is 0.994. The predicted octanol–water partition coefficient (Wildman–Crippen LogP) is 3.01. The maximum absolute atomic E-state index is 11.0. The fraction of sp³-hybridized carbons (Fsp3) is 0.533. The molecule has 1 aromatic rings. The first-order chi connectivity index (χ1) is 9.11. The maximum Gasteiger partial charge on any atom is 0.320 e. The van der Waals surface area contributed by atoms with Crippen LogP contribution < -0.4 is 5.32 Å². The van der Waals surface area contributed by atoms with E-state index in [2.05, 4.69) is 29.6 Å². The first kappa shape index (κ1) is 16.1. The highest BCUT2D eigenvalue weighted by Crippen LogP contribution is 2.12. The van der Waals surface area contributed by atoms with Gasteiger partial charge in [-0.2, -0.15) is 11.8 Å². The number of thioether (sulfide) groups is 1. The van der Waals surface area contributed by atoms with Gasteiger partial charge in [0.2, 0.25) is 0 Å². The van der Waals surface area contributed by atoms with E-state index in [-0.39, 0.29) is 5.92 Å². The van der Waals surface area contributed by atoms with Gasteiger partial charge in [-0.05, 0) is 30.2 Å². The number of nitrogens with one attached hydrogen (secondary N) is 1. The van der Waals surface area contributed by atoms with Crippen molar-refractivity contribution in [3.05, 3.63) is 35.9 Å². The number of aliphatic carboxylic acids is 1. The Morgan fingerprint density at radius 3 is 2.58 bits per heavy atom. The monoisotopic (exact) mass is 281 g/mol. The smallest absolute Gasteiger partial charge is 0.320 e. The molecule has 19 heavy (non-hydrogen) atoms. The van der Waals surface area contributed by atoms with Gasteiger partial charge >= 0.3 is 5.97 Å². The molecule has 0 aliphatic carbocycles. The standard InChI is InChI=1S/C15H23NO2S/c1-12(2)14(15(17)18)16-9-6-10-19-11-13-7-4-3-5-8-13/h3-5,7-8,12,14,16H,6,9-11H2,1-2H3,(H,17,18)/t14-/m0/s1. The molecule has 0 unspecified atom stereocenters. The minimum absolute atomic E-state index is 0.120. The van der Waals surface area contributed by atoms with Gasteiger partial charge in [-0.1, -0.05) is 44.2 Å². The van der Waals surface area contributed by atoms with Crippen molar-refractivity contribution in [3.63, 3.8) is 0 Å². The van der Waals surface area contributed by atoms with E-state index in [1.54, 1.807) is 0 Å². The fourth-order valence-corrected chi connectivity index (χ4v) is 2.73. The van der Waals surface area contributed by atoms with Crippen LogP contribution >= 0.6 is 11.8 Å². The minimum atomic E-state index is -0.757. The molecule has 0 aromatic heterocycles. The first-order valence-electron chi connectivity index (χ1n) is 6.69. The topological polar surface area (TPSA) is 49.3 Å². The van der Waals surface area contributed by atoms with Gasteiger partial charge in [0.15, 0.2) is 0 Å². The van der Waals surface area contributed by atoms with Crippen molar-refractivity contribution in [3.8, 4) is 0 Å². The van der Waals surface area contributed by atoms with E-state index >= 15 is 0 Å². The Kier molecular flexibility index (Phi) is 7.60. The zero-order valence-corrected chi connectivity index (χ0v) is 12.5. The molecule has 1 atom stereocenters. The average Bonchev–Trinajstić information content (AvgIpc) is 2.38. The van der Waals surface area contributed by atoms with Gasteiger partial charge in [0.05, 0.1) is 0 Å². The lowest BCUT2D eigenvalue weighted by Crippen LogP contribution is -2.41. The molecule has 1 rings (SSSR count). The third kappa shape index (κ3) is 6.64. The second-order valence-electron chi connectivity index (χ2n) is 4.91. The normalized spacial score (nSPS) is 12.6. The zero-order chi connectivity index (χ0) is 14.1. The molecule has 0 radical (unpaired) electrons. The summed E-state index contributed by atoms with van der Waals surface area (Å²) in [5, 5.41) is 12.1. The average molecular weight is 281 g/mol. The number of rotatable bonds is 9. The molecule has 0 saturated heterocycles. The van der Waals surface area contributed by atoms with Crippen molar-refractivity contribution >= 4 is 17.7 Å². The molecule has 3 nitrogen and oxygen atoms in total. The van der Waals surface area contributed by atoms with Crippen molar-refractivity contribution in [1.29, 1.82) is 0 Å².